The van der Waals surface area contributed by atoms with Crippen LogP contribution in [0.25, 0.3) is 11.1 Å². The Morgan fingerprint density at radius 3 is 1.37 bits per heavy atom. The summed E-state index contributed by atoms with van der Waals surface area (Å²) in [5, 5.41) is 21.6. The van der Waals surface area contributed by atoms with Crippen LogP contribution in [0.15, 0.2) is 24.3 Å². The topological polar surface area (TPSA) is 198 Å². The molecule has 4 aliphatic rings. The van der Waals surface area contributed by atoms with E-state index in [2.05, 4.69) is 0 Å². The van der Waals surface area contributed by atoms with Gasteiger partial charge in [-0.3, -0.25) is 19.2 Å². The van der Waals surface area contributed by atoms with E-state index in [0.29, 0.717) is 0 Å². The fourth-order valence-electron chi connectivity index (χ4n) is 6.99. The minimum absolute atomic E-state index is 0.00675. The van der Waals surface area contributed by atoms with Gasteiger partial charge in [-0.1, -0.05) is 13.8 Å². The van der Waals surface area contributed by atoms with Crippen LogP contribution < -0.4 is 9.47 Å². The number of carbonyl (C=O) groups is 6. The summed E-state index contributed by atoms with van der Waals surface area (Å²) in [5.74, 6) is -7.46. The first kappa shape index (κ1) is 30.9. The third-order valence-corrected chi connectivity index (χ3v) is 9.04. The van der Waals surface area contributed by atoms with Crippen molar-refractivity contribution in [1.29, 1.82) is 0 Å². The lowest BCUT2D eigenvalue weighted by molar-refractivity contribution is -0.178. The molecular weight excluding hydrogens is 608 g/mol. The molecule has 6 rings (SSSR count). The van der Waals surface area contributed by atoms with E-state index >= 15 is 0 Å². The zero-order valence-electron chi connectivity index (χ0n) is 25.2. The minimum Gasteiger partial charge on any atom is -0.507 e. The molecule has 2 aromatic rings. The molecule has 6 atom stereocenters. The zero-order chi connectivity index (χ0) is 33.3. The Labute approximate surface area is 261 Å². The molecule has 242 valence electrons. The number of Topliss-reactive ketones (excluding diaryl/α,β-unsaturated/α-hetero) is 2. The average molecular weight is 639 g/mol. The number of methoxy groups -OCH3 is 2. The summed E-state index contributed by atoms with van der Waals surface area (Å²) in [7, 11) is 2.16. The third-order valence-electron chi connectivity index (χ3n) is 9.04. The van der Waals surface area contributed by atoms with Gasteiger partial charge in [0.2, 0.25) is 11.2 Å². The number of ketones is 2. The van der Waals surface area contributed by atoms with Crippen LogP contribution in [-0.2, 0) is 38.1 Å². The van der Waals surface area contributed by atoms with Crippen molar-refractivity contribution in [1.82, 2.24) is 0 Å². The van der Waals surface area contributed by atoms with E-state index in [9.17, 15) is 39.0 Å². The number of ether oxygens (including phenoxy) is 6. The summed E-state index contributed by atoms with van der Waals surface area (Å²) in [6.07, 6.45) is -3.85. The molecule has 2 aromatic carbocycles. The standard InChI is InChI=1S/C32H30O14/c1-13-9-21(37)43-27(13)31(29(39)41-3)11-19(35)23-17(33)7-5-15(25(23)45-31)16-6-8-18(34)24-20(36)12-32(30(40)42-4,46-26(16)24)28-14(2)10-22(38)44-28/h5-8,13-14,27-28,33-34H,9-12H2,1-4H3/t13-,14-,27-,28+,31?,32?/m0/s1. The van der Waals surface area contributed by atoms with Crippen LogP contribution in [0.2, 0.25) is 0 Å². The number of benzene rings is 2. The monoisotopic (exact) mass is 638 g/mol. The molecule has 0 amide bonds. The lowest BCUT2D eigenvalue weighted by Gasteiger charge is -2.41. The SMILES string of the molecule is COC(=O)C1([C@@H]2OC(=O)C[C@@H]2C)CC(=O)c2c(O)ccc(-c3ccc(O)c4c3OC(C(=O)OC)([C@H]3OC(=O)C[C@@H]3C)CC4=O)c2O1. The number of cyclic esters (lactones) is 2. The molecule has 0 saturated carbocycles. The Hall–Kier alpha value is -5.14. The van der Waals surface area contributed by atoms with Crippen molar-refractivity contribution in [3.05, 3.63) is 35.4 Å². The summed E-state index contributed by atoms with van der Waals surface area (Å²) in [4.78, 5) is 78.7. The van der Waals surface area contributed by atoms with Crippen molar-refractivity contribution < 1.29 is 67.4 Å². The van der Waals surface area contributed by atoms with Crippen LogP contribution in [0.4, 0.5) is 0 Å². The first-order chi connectivity index (χ1) is 21.8. The highest BCUT2D eigenvalue weighted by atomic mass is 16.6. The van der Waals surface area contributed by atoms with Crippen LogP contribution in [0.1, 0.15) is 60.2 Å². The van der Waals surface area contributed by atoms with Gasteiger partial charge in [-0.25, -0.2) is 9.59 Å². The van der Waals surface area contributed by atoms with Gasteiger partial charge >= 0.3 is 23.9 Å². The van der Waals surface area contributed by atoms with Gasteiger partial charge < -0.3 is 38.6 Å². The first-order valence-electron chi connectivity index (χ1n) is 14.5. The number of esters is 4. The van der Waals surface area contributed by atoms with Gasteiger partial charge in [-0.15, -0.1) is 0 Å². The molecule has 0 radical (unpaired) electrons. The number of hydrogen-bond donors (Lipinski definition) is 2. The maximum Gasteiger partial charge on any atom is 0.354 e. The molecule has 2 N–H and O–H groups in total. The molecule has 2 fully saturated rings. The van der Waals surface area contributed by atoms with Gasteiger partial charge in [-0.05, 0) is 24.3 Å². The van der Waals surface area contributed by atoms with Gasteiger partial charge in [0.25, 0.3) is 0 Å². The Morgan fingerprint density at radius 1 is 0.696 bits per heavy atom. The molecule has 14 heteroatoms. The Bertz CT molecular complexity index is 1600. The molecule has 0 aliphatic carbocycles. The van der Waals surface area contributed by atoms with Crippen LogP contribution in [0, 0.1) is 11.8 Å². The lowest BCUT2D eigenvalue weighted by Crippen LogP contribution is -2.59. The largest absolute Gasteiger partial charge is 0.507 e. The van der Waals surface area contributed by atoms with Gasteiger partial charge in [0.1, 0.15) is 34.1 Å². The smallest absolute Gasteiger partial charge is 0.354 e. The van der Waals surface area contributed by atoms with Crippen molar-refractivity contribution in [2.45, 2.75) is 62.9 Å². The quantitative estimate of drug-likeness (QED) is 0.357. The highest BCUT2D eigenvalue weighted by Crippen LogP contribution is 2.53. The summed E-state index contributed by atoms with van der Waals surface area (Å²) in [5.41, 5.74) is -4.90. The average Bonchev–Trinajstić information content (AvgIpc) is 3.55. The molecule has 0 aromatic heterocycles. The molecule has 46 heavy (non-hydrogen) atoms. The minimum atomic E-state index is -2.15. The Kier molecular flexibility index (Phi) is 7.21. The van der Waals surface area contributed by atoms with Gasteiger partial charge in [0.15, 0.2) is 23.8 Å². The number of phenolic OH excluding ortho intramolecular Hbond substituents is 2. The number of hydrogen-bond acceptors (Lipinski definition) is 14. The van der Waals surface area contributed by atoms with E-state index in [1.165, 1.54) is 24.3 Å². The van der Waals surface area contributed by atoms with E-state index in [4.69, 9.17) is 28.4 Å². The molecule has 4 aliphatic heterocycles. The summed E-state index contributed by atoms with van der Waals surface area (Å²) in [6.45, 7) is 3.29. The number of aromatic hydroxyl groups is 2. The van der Waals surface area contributed by atoms with Crippen molar-refractivity contribution in [2.75, 3.05) is 14.2 Å². The fraction of sp³-hybridized carbons (Fsp3) is 0.438. The van der Waals surface area contributed by atoms with Crippen molar-refractivity contribution in [3.63, 3.8) is 0 Å². The number of fused-ring (bicyclic) bond motifs is 2. The summed E-state index contributed by atoms with van der Waals surface area (Å²) >= 11 is 0. The number of carbonyl (C=O) groups excluding carboxylic acids is 6. The first-order valence-corrected chi connectivity index (χ1v) is 14.5. The molecule has 14 nitrogen and oxygen atoms in total. The molecular formula is C32H30O14. The second-order valence-corrected chi connectivity index (χ2v) is 12.0. The normalized spacial score (nSPS) is 29.9. The maximum absolute atomic E-state index is 13.7. The van der Waals surface area contributed by atoms with Crippen LogP contribution in [-0.4, -0.2) is 83.3 Å². The Balaban J connectivity index is 1.57. The van der Waals surface area contributed by atoms with Crippen molar-refractivity contribution >= 4 is 35.4 Å². The maximum atomic E-state index is 13.7. The summed E-state index contributed by atoms with van der Waals surface area (Å²) < 4.78 is 33.6. The predicted molar refractivity (Wildman–Crippen MR) is 151 cm³/mol. The van der Waals surface area contributed by atoms with Gasteiger partial charge in [-0.2, -0.15) is 0 Å². The van der Waals surface area contributed by atoms with Gasteiger partial charge in [0.05, 0.1) is 39.9 Å². The van der Waals surface area contributed by atoms with Gasteiger partial charge in [0, 0.05) is 23.0 Å². The van der Waals surface area contributed by atoms with E-state index in [1.54, 1.807) is 13.8 Å². The molecule has 4 heterocycles. The molecule has 0 spiro atoms. The second kappa shape index (κ2) is 10.7. The van der Waals surface area contributed by atoms with E-state index in [-0.39, 0.29) is 46.6 Å². The second-order valence-electron chi connectivity index (χ2n) is 12.0. The van der Waals surface area contributed by atoms with E-state index in [0.717, 1.165) is 14.2 Å². The number of rotatable bonds is 5. The Morgan fingerprint density at radius 2 is 1.07 bits per heavy atom. The lowest BCUT2D eigenvalue weighted by atomic mass is 9.78. The fourth-order valence-corrected chi connectivity index (χ4v) is 6.99. The predicted octanol–water partition coefficient (Wildman–Crippen LogP) is 2.42. The van der Waals surface area contributed by atoms with Crippen LogP contribution in [0.5, 0.6) is 23.0 Å². The van der Waals surface area contributed by atoms with Crippen molar-refractivity contribution in [3.8, 4) is 34.1 Å². The highest BCUT2D eigenvalue weighted by molar-refractivity contribution is 6.11. The molecule has 2 saturated heterocycles. The third kappa shape index (κ3) is 4.37. The number of phenols is 2. The zero-order valence-corrected chi connectivity index (χ0v) is 25.2. The van der Waals surface area contributed by atoms with Crippen molar-refractivity contribution in [2.24, 2.45) is 11.8 Å². The van der Waals surface area contributed by atoms with E-state index < -0.39 is 95.0 Å². The highest BCUT2D eigenvalue weighted by Gasteiger charge is 2.62. The van der Waals surface area contributed by atoms with E-state index in [1.807, 2.05) is 0 Å². The molecule has 0 bridgehead atoms. The molecule has 2 unspecified atom stereocenters. The van der Waals surface area contributed by atoms with Crippen LogP contribution >= 0.6 is 0 Å². The van der Waals surface area contributed by atoms with Crippen LogP contribution in [0.3, 0.4) is 0 Å². The summed E-state index contributed by atoms with van der Waals surface area (Å²) in [6, 6.07) is 5.03.